The van der Waals surface area contributed by atoms with Crippen LogP contribution in [0.1, 0.15) is 21.7 Å². The number of hydrogen-bond acceptors (Lipinski definition) is 3. The number of amides is 1. The number of aliphatic hydroxyl groups excluding tert-OH is 1. The number of nitrogens with zero attached hydrogens (tertiary/aromatic N) is 3. The second kappa shape index (κ2) is 11.8. The first-order chi connectivity index (χ1) is 14.7. The average Bonchev–Trinajstić information content (AvgIpc) is 3.53. The van der Waals surface area contributed by atoms with Crippen molar-refractivity contribution < 1.29 is 27.0 Å². The van der Waals surface area contributed by atoms with Crippen molar-refractivity contribution >= 4 is 5.91 Å². The van der Waals surface area contributed by atoms with E-state index in [1.807, 2.05) is 82.1 Å². The number of carbonyl (C=O) groups excluding carboxylic acids is 1. The molecule has 1 aromatic carbocycles. The molecule has 158 valence electrons. The van der Waals surface area contributed by atoms with E-state index in [0.29, 0.717) is 25.3 Å². The number of benzene rings is 1. The molecule has 2 aliphatic carbocycles. The van der Waals surface area contributed by atoms with Crippen molar-refractivity contribution in [3.05, 3.63) is 117 Å². The van der Waals surface area contributed by atoms with Gasteiger partial charge < -0.3 is 10.0 Å². The summed E-state index contributed by atoms with van der Waals surface area (Å²) in [6.45, 7) is 1.25. The summed E-state index contributed by atoms with van der Waals surface area (Å²) in [5.41, 5.74) is 2.49. The van der Waals surface area contributed by atoms with Gasteiger partial charge in [-0.25, -0.2) is 0 Å². The number of fused-ring (bicyclic) bond motifs is 1. The molecule has 0 saturated heterocycles. The first-order valence-electron chi connectivity index (χ1n) is 10.2. The standard InChI is InChI=1S/C20H20N3O2.C5H5.Fe/c24-17-13-22(11-10-15-6-2-1-3-7-15)20(25)19-12-18(21-23(19)14-17)16-8-4-5-9-16;1-2-4-5-3-1;/h1-9,12,17,24H,10-11,13-14H2;1-5H;/q;;+2/t17-;;/m1../s1. The number of hydrogen-bond donors (Lipinski definition) is 1. The van der Waals surface area contributed by atoms with Crippen molar-refractivity contribution in [2.75, 3.05) is 13.1 Å². The van der Waals surface area contributed by atoms with Crippen molar-refractivity contribution in [3.8, 4) is 0 Å². The molecule has 0 spiro atoms. The summed E-state index contributed by atoms with van der Waals surface area (Å²) in [6.07, 6.45) is 18.0. The van der Waals surface area contributed by atoms with Gasteiger partial charge in [0.2, 0.25) is 0 Å². The van der Waals surface area contributed by atoms with E-state index in [1.165, 1.54) is 5.56 Å². The van der Waals surface area contributed by atoms with Crippen LogP contribution < -0.4 is 0 Å². The number of carbonyl (C=O) groups is 1. The second-order valence-corrected chi connectivity index (χ2v) is 7.37. The first-order valence-corrected chi connectivity index (χ1v) is 10.2. The third kappa shape index (κ3) is 6.44. The van der Waals surface area contributed by atoms with Crippen LogP contribution in [0.25, 0.3) is 0 Å². The van der Waals surface area contributed by atoms with E-state index >= 15 is 0 Å². The van der Waals surface area contributed by atoms with Crippen LogP contribution in [-0.2, 0) is 30.0 Å². The predicted octanol–water partition coefficient (Wildman–Crippen LogP) is 2.71. The molecule has 31 heavy (non-hydrogen) atoms. The molecular formula is C25H25FeN3O2+2. The van der Waals surface area contributed by atoms with E-state index in [2.05, 4.69) is 17.2 Å². The van der Waals surface area contributed by atoms with Gasteiger partial charge in [0.15, 0.2) is 0 Å². The van der Waals surface area contributed by atoms with E-state index in [0.717, 1.165) is 18.0 Å². The van der Waals surface area contributed by atoms with Crippen LogP contribution in [0.15, 0.2) is 36.4 Å². The molecule has 1 aromatic heterocycles. The fourth-order valence-electron chi connectivity index (χ4n) is 3.59. The summed E-state index contributed by atoms with van der Waals surface area (Å²) >= 11 is 0. The fraction of sp³-hybridized carbons (Fsp3) is 0.200. The number of aromatic nitrogens is 2. The molecule has 0 unspecified atom stereocenters. The molecule has 1 aliphatic heterocycles. The number of rotatable bonds is 4. The fourth-order valence-corrected chi connectivity index (χ4v) is 3.59. The van der Waals surface area contributed by atoms with Crippen LogP contribution in [0, 0.1) is 63.7 Å². The van der Waals surface area contributed by atoms with E-state index < -0.39 is 6.10 Å². The molecule has 6 heteroatoms. The molecule has 2 saturated carbocycles. The van der Waals surface area contributed by atoms with Gasteiger partial charge in [-0.3, -0.25) is 9.48 Å². The van der Waals surface area contributed by atoms with Crippen LogP contribution in [0.2, 0.25) is 0 Å². The quantitative estimate of drug-likeness (QED) is 0.722. The van der Waals surface area contributed by atoms with Crippen molar-refractivity contribution in [3.63, 3.8) is 0 Å². The Morgan fingerprint density at radius 2 is 1.58 bits per heavy atom. The normalized spacial score (nSPS) is 21.1. The van der Waals surface area contributed by atoms with Gasteiger partial charge in [0.1, 0.15) is 5.69 Å². The molecule has 3 aliphatic rings. The second-order valence-electron chi connectivity index (χ2n) is 7.37. The van der Waals surface area contributed by atoms with Crippen LogP contribution in [0.3, 0.4) is 0 Å². The minimum Gasteiger partial charge on any atom is -0.389 e. The Balaban J connectivity index is 0.000000401. The molecule has 5 rings (SSSR count). The summed E-state index contributed by atoms with van der Waals surface area (Å²) in [5, 5.41) is 14.8. The van der Waals surface area contributed by atoms with Gasteiger partial charge >= 0.3 is 17.1 Å². The molecule has 1 amide bonds. The largest absolute Gasteiger partial charge is 2.00 e. The van der Waals surface area contributed by atoms with Gasteiger partial charge in [-0.05, 0) is 75.8 Å². The molecule has 0 bridgehead atoms. The zero-order valence-corrected chi connectivity index (χ0v) is 18.2. The van der Waals surface area contributed by atoms with Gasteiger partial charge in [-0.15, -0.1) is 0 Å². The van der Waals surface area contributed by atoms with Gasteiger partial charge in [-0.1, -0.05) is 30.3 Å². The average molecular weight is 455 g/mol. The number of β-amino-alcohol motifs (C(OH)–C–C–N with tert-alkyl or cyclic N) is 1. The maximum atomic E-state index is 12.9. The molecule has 10 radical (unpaired) electrons. The molecule has 5 nitrogen and oxygen atoms in total. The minimum atomic E-state index is -0.617. The van der Waals surface area contributed by atoms with Gasteiger partial charge in [0, 0.05) is 19.0 Å². The van der Waals surface area contributed by atoms with Crippen LogP contribution in [-0.4, -0.2) is 44.9 Å². The SMILES string of the molecule is O=C1c2cc([C]3[CH][CH][CH][CH]3)nn2C[C@H](O)CN1CCc1ccccc1.[CH]1[CH][CH][CH][CH]1.[Fe+2]. The zero-order chi connectivity index (χ0) is 20.8. The van der Waals surface area contributed by atoms with Gasteiger partial charge in [-0.2, -0.15) is 5.10 Å². The maximum Gasteiger partial charge on any atom is 2.00 e. The van der Waals surface area contributed by atoms with E-state index in [-0.39, 0.29) is 23.0 Å². The van der Waals surface area contributed by atoms with Crippen LogP contribution >= 0.6 is 0 Å². The summed E-state index contributed by atoms with van der Waals surface area (Å²) in [7, 11) is 0. The topological polar surface area (TPSA) is 58.4 Å². The Morgan fingerprint density at radius 1 is 0.935 bits per heavy atom. The Hall–Kier alpha value is -1.62. The minimum absolute atomic E-state index is 0. The Bertz CT molecular complexity index is 806. The smallest absolute Gasteiger partial charge is 0.389 e. The van der Waals surface area contributed by atoms with Crippen LogP contribution in [0.5, 0.6) is 0 Å². The molecule has 2 aromatic rings. The maximum absolute atomic E-state index is 12.9. The van der Waals surface area contributed by atoms with Crippen molar-refractivity contribution in [1.29, 1.82) is 0 Å². The Kier molecular flexibility index (Phi) is 9.18. The molecular weight excluding hydrogens is 430 g/mol. The molecule has 2 heterocycles. The predicted molar refractivity (Wildman–Crippen MR) is 115 cm³/mol. The van der Waals surface area contributed by atoms with Crippen molar-refractivity contribution in [2.24, 2.45) is 0 Å². The third-order valence-corrected chi connectivity index (χ3v) is 5.13. The van der Waals surface area contributed by atoms with E-state index in [9.17, 15) is 9.90 Å². The summed E-state index contributed by atoms with van der Waals surface area (Å²) in [5.74, 6) is 0.913. The monoisotopic (exact) mass is 455 g/mol. The molecule has 1 atom stereocenters. The molecule has 1 N–H and O–H groups in total. The van der Waals surface area contributed by atoms with E-state index in [4.69, 9.17) is 0 Å². The molecule has 2 fully saturated rings. The Morgan fingerprint density at radius 3 is 2.23 bits per heavy atom. The van der Waals surface area contributed by atoms with Gasteiger partial charge in [0.25, 0.3) is 5.91 Å². The zero-order valence-electron chi connectivity index (χ0n) is 17.1. The summed E-state index contributed by atoms with van der Waals surface area (Å²) in [6, 6.07) is 11.9. The van der Waals surface area contributed by atoms with Gasteiger partial charge in [0.05, 0.1) is 18.3 Å². The summed E-state index contributed by atoms with van der Waals surface area (Å²) in [4.78, 5) is 14.7. The Labute approximate surface area is 196 Å². The summed E-state index contributed by atoms with van der Waals surface area (Å²) < 4.78 is 1.64. The number of aliphatic hydroxyl groups is 1. The first kappa shape index (κ1) is 24.0. The van der Waals surface area contributed by atoms with E-state index in [1.54, 1.807) is 9.58 Å². The van der Waals surface area contributed by atoms with Crippen molar-refractivity contribution in [1.82, 2.24) is 14.7 Å². The van der Waals surface area contributed by atoms with Crippen molar-refractivity contribution in [2.45, 2.75) is 19.1 Å². The third-order valence-electron chi connectivity index (χ3n) is 5.13. The van der Waals surface area contributed by atoms with Crippen LogP contribution in [0.4, 0.5) is 0 Å².